The number of nitrogens with zero attached hydrogens (tertiary/aromatic N) is 2. The van der Waals surface area contributed by atoms with Crippen molar-refractivity contribution in [3.8, 4) is 5.69 Å². The van der Waals surface area contributed by atoms with Crippen LogP contribution in [0.4, 0.5) is 17.6 Å². The van der Waals surface area contributed by atoms with Crippen molar-refractivity contribution in [1.29, 1.82) is 0 Å². The van der Waals surface area contributed by atoms with Gasteiger partial charge in [0.25, 0.3) is 0 Å². The molecule has 21 heavy (non-hydrogen) atoms. The van der Waals surface area contributed by atoms with E-state index in [2.05, 4.69) is 10.4 Å². The summed E-state index contributed by atoms with van der Waals surface area (Å²) in [4.78, 5) is 0. The third-order valence-electron chi connectivity index (χ3n) is 3.10. The average molecular weight is 301 g/mol. The number of hydrogen-bond acceptors (Lipinski definition) is 2. The fraction of sp³-hybridized carbons (Fsp3) is 0.357. The Kier molecular flexibility index (Phi) is 4.32. The van der Waals surface area contributed by atoms with E-state index in [0.717, 1.165) is 16.9 Å². The third kappa shape index (κ3) is 3.24. The summed E-state index contributed by atoms with van der Waals surface area (Å²) in [6.07, 6.45) is -3.44. The highest BCUT2D eigenvalue weighted by Gasteiger charge is 2.34. The molecular weight excluding hydrogens is 286 g/mol. The van der Waals surface area contributed by atoms with Gasteiger partial charge in [-0.2, -0.15) is 18.3 Å². The molecule has 0 spiro atoms. The maximum absolute atomic E-state index is 14.1. The lowest BCUT2D eigenvalue weighted by Gasteiger charge is -2.17. The van der Waals surface area contributed by atoms with Gasteiger partial charge in [-0.15, -0.1) is 0 Å². The summed E-state index contributed by atoms with van der Waals surface area (Å²) in [5.41, 5.74) is -0.470. The standard InChI is InChI=1S/C14H15F4N3/c1-3-19-9(2)10-5-4-6-11(15)13(10)21-8-7-12(20-21)14(16,17)18/h4-9,19H,3H2,1-2H3. The molecule has 2 aromatic rings. The Labute approximate surface area is 119 Å². The van der Waals surface area contributed by atoms with Gasteiger partial charge in [0.1, 0.15) is 11.5 Å². The van der Waals surface area contributed by atoms with Gasteiger partial charge in [0, 0.05) is 12.2 Å². The lowest BCUT2D eigenvalue weighted by Crippen LogP contribution is -2.20. The normalized spacial score (nSPS) is 13.4. The number of rotatable bonds is 4. The zero-order chi connectivity index (χ0) is 15.6. The fourth-order valence-electron chi connectivity index (χ4n) is 2.14. The van der Waals surface area contributed by atoms with E-state index in [0.29, 0.717) is 12.1 Å². The zero-order valence-electron chi connectivity index (χ0n) is 11.6. The van der Waals surface area contributed by atoms with Gasteiger partial charge in [-0.05, 0) is 31.2 Å². The molecule has 1 heterocycles. The van der Waals surface area contributed by atoms with E-state index in [1.807, 2.05) is 13.8 Å². The van der Waals surface area contributed by atoms with Crippen LogP contribution in [0.25, 0.3) is 5.69 Å². The summed E-state index contributed by atoms with van der Waals surface area (Å²) in [6.45, 7) is 4.37. The third-order valence-corrected chi connectivity index (χ3v) is 3.10. The van der Waals surface area contributed by atoms with E-state index < -0.39 is 17.7 Å². The summed E-state index contributed by atoms with van der Waals surface area (Å²) in [5, 5.41) is 6.55. The van der Waals surface area contributed by atoms with Gasteiger partial charge in [0.05, 0.1) is 0 Å². The molecule has 7 heteroatoms. The summed E-state index contributed by atoms with van der Waals surface area (Å²) in [7, 11) is 0. The number of benzene rings is 1. The van der Waals surface area contributed by atoms with Crippen LogP contribution in [0.1, 0.15) is 31.1 Å². The molecule has 0 radical (unpaired) electrons. The van der Waals surface area contributed by atoms with Gasteiger partial charge in [0.15, 0.2) is 5.69 Å². The maximum Gasteiger partial charge on any atom is 0.435 e. The van der Waals surface area contributed by atoms with Crippen LogP contribution in [0.3, 0.4) is 0 Å². The molecule has 1 atom stereocenters. The molecule has 3 nitrogen and oxygen atoms in total. The Morgan fingerprint density at radius 1 is 1.29 bits per heavy atom. The first-order chi connectivity index (χ1) is 9.84. The number of hydrogen-bond donors (Lipinski definition) is 1. The van der Waals surface area contributed by atoms with Crippen molar-refractivity contribution in [1.82, 2.24) is 15.1 Å². The average Bonchev–Trinajstić information content (AvgIpc) is 2.87. The highest BCUT2D eigenvalue weighted by Crippen LogP contribution is 2.30. The lowest BCUT2D eigenvalue weighted by atomic mass is 10.1. The van der Waals surface area contributed by atoms with Gasteiger partial charge in [-0.3, -0.25) is 0 Å². The second-order valence-corrected chi connectivity index (χ2v) is 4.60. The van der Waals surface area contributed by atoms with Crippen LogP contribution in [0.5, 0.6) is 0 Å². The van der Waals surface area contributed by atoms with Crippen LogP contribution >= 0.6 is 0 Å². The van der Waals surface area contributed by atoms with E-state index in [4.69, 9.17) is 0 Å². The van der Waals surface area contributed by atoms with Crippen LogP contribution in [0.2, 0.25) is 0 Å². The van der Waals surface area contributed by atoms with Crippen molar-refractivity contribution >= 4 is 0 Å². The lowest BCUT2D eigenvalue weighted by molar-refractivity contribution is -0.141. The molecule has 2 rings (SSSR count). The Balaban J connectivity index is 2.50. The van der Waals surface area contributed by atoms with Gasteiger partial charge < -0.3 is 5.32 Å². The molecule has 0 amide bonds. The van der Waals surface area contributed by atoms with E-state index in [-0.39, 0.29) is 11.7 Å². The fourth-order valence-corrected chi connectivity index (χ4v) is 2.14. The SMILES string of the molecule is CCNC(C)c1cccc(F)c1-n1ccc(C(F)(F)F)n1. The van der Waals surface area contributed by atoms with Crippen molar-refractivity contribution in [2.24, 2.45) is 0 Å². The van der Waals surface area contributed by atoms with Crippen LogP contribution in [-0.2, 0) is 6.18 Å². The molecule has 1 aromatic heterocycles. The highest BCUT2D eigenvalue weighted by atomic mass is 19.4. The molecule has 0 aliphatic carbocycles. The minimum absolute atomic E-state index is 0.0291. The largest absolute Gasteiger partial charge is 0.435 e. The second kappa shape index (κ2) is 5.85. The molecule has 0 bridgehead atoms. The predicted molar refractivity (Wildman–Crippen MR) is 70.6 cm³/mol. The summed E-state index contributed by atoms with van der Waals surface area (Å²) in [5.74, 6) is -0.617. The Morgan fingerprint density at radius 2 is 2.00 bits per heavy atom. The van der Waals surface area contributed by atoms with E-state index in [9.17, 15) is 17.6 Å². The predicted octanol–water partition coefficient (Wildman–Crippen LogP) is 3.70. The van der Waals surface area contributed by atoms with Gasteiger partial charge >= 0.3 is 6.18 Å². The number of nitrogens with one attached hydrogen (secondary N) is 1. The quantitative estimate of drug-likeness (QED) is 0.873. The smallest absolute Gasteiger partial charge is 0.310 e. The van der Waals surface area contributed by atoms with Crippen LogP contribution < -0.4 is 5.32 Å². The van der Waals surface area contributed by atoms with Gasteiger partial charge in [0.2, 0.25) is 0 Å². The first-order valence-corrected chi connectivity index (χ1v) is 6.49. The molecular formula is C14H15F4N3. The van der Waals surface area contributed by atoms with Crippen molar-refractivity contribution < 1.29 is 17.6 Å². The second-order valence-electron chi connectivity index (χ2n) is 4.60. The van der Waals surface area contributed by atoms with E-state index in [1.54, 1.807) is 6.07 Å². The van der Waals surface area contributed by atoms with E-state index >= 15 is 0 Å². The molecule has 114 valence electrons. The molecule has 1 N–H and O–H groups in total. The van der Waals surface area contributed by atoms with Crippen molar-refractivity contribution in [2.45, 2.75) is 26.1 Å². The first-order valence-electron chi connectivity index (χ1n) is 6.49. The van der Waals surface area contributed by atoms with Crippen LogP contribution in [0.15, 0.2) is 30.5 Å². The van der Waals surface area contributed by atoms with Crippen molar-refractivity contribution in [2.75, 3.05) is 6.54 Å². The molecule has 1 aromatic carbocycles. The minimum Gasteiger partial charge on any atom is -0.310 e. The Bertz CT molecular complexity index is 619. The molecule has 0 aliphatic heterocycles. The van der Waals surface area contributed by atoms with Gasteiger partial charge in [-0.25, -0.2) is 9.07 Å². The number of halogens is 4. The first kappa shape index (κ1) is 15.5. The molecule has 1 unspecified atom stereocenters. The summed E-state index contributed by atoms with van der Waals surface area (Å²) < 4.78 is 52.9. The minimum atomic E-state index is -4.55. The molecule has 0 saturated carbocycles. The highest BCUT2D eigenvalue weighted by molar-refractivity contribution is 5.43. The van der Waals surface area contributed by atoms with Crippen molar-refractivity contribution in [3.63, 3.8) is 0 Å². The summed E-state index contributed by atoms with van der Waals surface area (Å²) in [6, 6.07) is 5.01. The monoisotopic (exact) mass is 301 g/mol. The number of aromatic nitrogens is 2. The molecule has 0 saturated heterocycles. The van der Waals surface area contributed by atoms with Crippen molar-refractivity contribution in [3.05, 3.63) is 47.5 Å². The van der Waals surface area contributed by atoms with Crippen LogP contribution in [0, 0.1) is 5.82 Å². The van der Waals surface area contributed by atoms with Crippen LogP contribution in [-0.4, -0.2) is 16.3 Å². The topological polar surface area (TPSA) is 29.9 Å². The zero-order valence-corrected chi connectivity index (χ0v) is 11.6. The number of alkyl halides is 3. The van der Waals surface area contributed by atoms with E-state index in [1.165, 1.54) is 12.1 Å². The number of para-hydroxylation sites is 1. The molecule has 0 aliphatic rings. The Hall–Kier alpha value is -1.89. The maximum atomic E-state index is 14.1. The molecule has 0 fully saturated rings. The summed E-state index contributed by atoms with van der Waals surface area (Å²) >= 11 is 0. The Morgan fingerprint density at radius 3 is 2.57 bits per heavy atom. The van der Waals surface area contributed by atoms with Gasteiger partial charge in [-0.1, -0.05) is 19.1 Å².